The number of nitrogens with one attached hydrogen (secondary N) is 1. The molecule has 0 atom stereocenters. The Labute approximate surface area is 146 Å². The number of benzene rings is 1. The van der Waals surface area contributed by atoms with Crippen LogP contribution in [0.4, 0.5) is 0 Å². The molecule has 1 aromatic heterocycles. The fraction of sp³-hybridized carbons (Fsp3) is 0.263. The predicted octanol–water partition coefficient (Wildman–Crippen LogP) is 2.73. The molecule has 0 spiro atoms. The number of hydrogen-bond donors (Lipinski definition) is 1. The van der Waals surface area contributed by atoms with Gasteiger partial charge in [0.1, 0.15) is 0 Å². The molecule has 0 aliphatic rings. The maximum atomic E-state index is 12.3. The number of pyridine rings is 1. The average molecular weight is 340 g/mol. The van der Waals surface area contributed by atoms with Gasteiger partial charge in [-0.15, -0.1) is 0 Å². The zero-order valence-electron chi connectivity index (χ0n) is 14.4. The van der Waals surface area contributed by atoms with E-state index in [-0.39, 0.29) is 11.5 Å². The third-order valence-corrected chi connectivity index (χ3v) is 3.63. The molecule has 1 aromatic carbocycles. The maximum Gasteiger partial charge on any atom is 0.338 e. The summed E-state index contributed by atoms with van der Waals surface area (Å²) in [6.45, 7) is 4.52. The average Bonchev–Trinajstić information content (AvgIpc) is 2.64. The normalized spacial score (nSPS) is 10.4. The number of esters is 1. The maximum absolute atomic E-state index is 12.3. The number of hydrogen-bond acceptors (Lipinski definition) is 5. The number of methoxy groups -OCH3 is 1. The highest BCUT2D eigenvalue weighted by Gasteiger charge is 2.18. The van der Waals surface area contributed by atoms with Gasteiger partial charge in [0.25, 0.3) is 5.91 Å². The number of amides is 1. The van der Waals surface area contributed by atoms with Gasteiger partial charge in [-0.05, 0) is 35.2 Å². The third kappa shape index (κ3) is 4.29. The van der Waals surface area contributed by atoms with Gasteiger partial charge in [-0.2, -0.15) is 0 Å². The highest BCUT2D eigenvalue weighted by molar-refractivity contribution is 6.03. The van der Waals surface area contributed by atoms with Crippen LogP contribution in [-0.4, -0.2) is 36.8 Å². The zero-order valence-corrected chi connectivity index (χ0v) is 14.4. The summed E-state index contributed by atoms with van der Waals surface area (Å²) < 4.78 is 4.83. The van der Waals surface area contributed by atoms with Gasteiger partial charge in [-0.1, -0.05) is 19.9 Å². The zero-order chi connectivity index (χ0) is 18.4. The molecule has 2 rings (SSSR count). The van der Waals surface area contributed by atoms with Gasteiger partial charge in [0, 0.05) is 30.1 Å². The number of aromatic nitrogens is 1. The summed E-state index contributed by atoms with van der Waals surface area (Å²) in [4.78, 5) is 39.6. The monoisotopic (exact) mass is 340 g/mol. The molecule has 2 aromatic rings. The summed E-state index contributed by atoms with van der Waals surface area (Å²) in [7, 11) is 1.27. The summed E-state index contributed by atoms with van der Waals surface area (Å²) >= 11 is 0. The van der Waals surface area contributed by atoms with E-state index in [2.05, 4.69) is 10.3 Å². The molecule has 0 radical (unpaired) electrons. The number of nitrogens with zero attached hydrogens (tertiary/aromatic N) is 1. The van der Waals surface area contributed by atoms with Crippen LogP contribution < -0.4 is 5.32 Å². The highest BCUT2D eigenvalue weighted by atomic mass is 16.5. The lowest BCUT2D eigenvalue weighted by Gasteiger charge is -2.13. The van der Waals surface area contributed by atoms with E-state index >= 15 is 0 Å². The van der Waals surface area contributed by atoms with Crippen LogP contribution in [0, 0.1) is 5.92 Å². The molecule has 0 fully saturated rings. The van der Waals surface area contributed by atoms with E-state index in [1.54, 1.807) is 18.2 Å². The quantitative estimate of drug-likeness (QED) is 0.645. The van der Waals surface area contributed by atoms with Gasteiger partial charge >= 0.3 is 5.97 Å². The smallest absolute Gasteiger partial charge is 0.338 e. The van der Waals surface area contributed by atoms with E-state index in [9.17, 15) is 14.4 Å². The molecular weight excluding hydrogens is 320 g/mol. The fourth-order valence-corrected chi connectivity index (χ4v) is 2.34. The Morgan fingerprint density at radius 3 is 2.64 bits per heavy atom. The Hall–Kier alpha value is -3.02. The van der Waals surface area contributed by atoms with Crippen LogP contribution in [0.5, 0.6) is 0 Å². The molecule has 0 aliphatic heterocycles. The summed E-state index contributed by atoms with van der Waals surface area (Å²) in [6, 6.07) is 6.38. The van der Waals surface area contributed by atoms with E-state index in [0.717, 1.165) is 0 Å². The van der Waals surface area contributed by atoms with Gasteiger partial charge in [0.05, 0.1) is 12.7 Å². The molecule has 6 nitrogen and oxygen atoms in total. The Kier molecular flexibility index (Phi) is 6.00. The van der Waals surface area contributed by atoms with Gasteiger partial charge in [0.15, 0.2) is 6.29 Å². The Bertz CT molecular complexity index is 800. The van der Waals surface area contributed by atoms with Crippen molar-refractivity contribution >= 4 is 18.2 Å². The van der Waals surface area contributed by atoms with E-state index in [1.807, 2.05) is 13.8 Å². The molecule has 0 unspecified atom stereocenters. The van der Waals surface area contributed by atoms with Gasteiger partial charge in [-0.25, -0.2) is 4.79 Å². The van der Waals surface area contributed by atoms with Crippen molar-refractivity contribution in [3.8, 4) is 11.1 Å². The first-order valence-electron chi connectivity index (χ1n) is 7.88. The van der Waals surface area contributed by atoms with Crippen LogP contribution >= 0.6 is 0 Å². The van der Waals surface area contributed by atoms with Crippen LogP contribution in [0.2, 0.25) is 0 Å². The Balaban J connectivity index is 2.50. The van der Waals surface area contributed by atoms with Gasteiger partial charge in [-0.3, -0.25) is 14.6 Å². The van der Waals surface area contributed by atoms with Gasteiger partial charge < -0.3 is 10.1 Å². The van der Waals surface area contributed by atoms with Crippen molar-refractivity contribution in [3.63, 3.8) is 0 Å². The van der Waals surface area contributed by atoms with Gasteiger partial charge in [0.2, 0.25) is 0 Å². The number of carbonyl (C=O) groups excluding carboxylic acids is 3. The molecule has 1 N–H and O–H groups in total. The lowest BCUT2D eigenvalue weighted by Crippen LogP contribution is -2.27. The lowest BCUT2D eigenvalue weighted by molar-refractivity contribution is 0.0601. The van der Waals surface area contributed by atoms with Crippen molar-refractivity contribution in [2.45, 2.75) is 13.8 Å². The summed E-state index contributed by atoms with van der Waals surface area (Å²) in [5.41, 5.74) is 1.99. The molecule has 1 heterocycles. The number of aldehydes is 1. The second-order valence-corrected chi connectivity index (χ2v) is 5.94. The van der Waals surface area contributed by atoms with Crippen molar-refractivity contribution in [1.82, 2.24) is 10.3 Å². The van der Waals surface area contributed by atoms with Crippen LogP contribution in [0.1, 0.15) is 44.9 Å². The fourth-order valence-electron chi connectivity index (χ4n) is 2.34. The van der Waals surface area contributed by atoms with Crippen molar-refractivity contribution < 1.29 is 19.1 Å². The van der Waals surface area contributed by atoms with E-state index in [0.29, 0.717) is 41.0 Å². The minimum atomic E-state index is -0.581. The number of rotatable bonds is 6. The number of carbonyl (C=O) groups is 3. The van der Waals surface area contributed by atoms with Crippen molar-refractivity contribution in [1.29, 1.82) is 0 Å². The van der Waals surface area contributed by atoms with E-state index in [1.165, 1.54) is 25.6 Å². The molecule has 25 heavy (non-hydrogen) atoms. The molecule has 0 saturated heterocycles. The Morgan fingerprint density at radius 1 is 1.24 bits per heavy atom. The SMILES string of the molecule is COC(=O)c1cc(C(=O)NCC(C)C)ccc1-c1ccncc1C=O. The van der Waals surface area contributed by atoms with Crippen molar-refractivity contribution in [2.75, 3.05) is 13.7 Å². The molecule has 1 amide bonds. The highest BCUT2D eigenvalue weighted by Crippen LogP contribution is 2.27. The second kappa shape index (κ2) is 8.19. The first kappa shape index (κ1) is 18.3. The largest absolute Gasteiger partial charge is 0.465 e. The van der Waals surface area contributed by atoms with E-state index in [4.69, 9.17) is 4.74 Å². The third-order valence-electron chi connectivity index (χ3n) is 3.63. The topological polar surface area (TPSA) is 85.4 Å². The van der Waals surface area contributed by atoms with Crippen molar-refractivity contribution in [2.24, 2.45) is 5.92 Å². The van der Waals surface area contributed by atoms with Crippen LogP contribution in [0.15, 0.2) is 36.7 Å². The standard InChI is InChI=1S/C19H20N2O4/c1-12(2)9-21-18(23)13-4-5-16(17(8-13)19(24)25-3)15-6-7-20-10-14(15)11-22/h4-8,10-12H,9H2,1-3H3,(H,21,23). The molecule has 130 valence electrons. The van der Waals surface area contributed by atoms with E-state index < -0.39 is 5.97 Å². The first-order chi connectivity index (χ1) is 12.0. The van der Waals surface area contributed by atoms with Crippen LogP contribution in [0.25, 0.3) is 11.1 Å². The lowest BCUT2D eigenvalue weighted by atomic mass is 9.95. The van der Waals surface area contributed by atoms with Crippen molar-refractivity contribution in [3.05, 3.63) is 53.3 Å². The minimum Gasteiger partial charge on any atom is -0.465 e. The minimum absolute atomic E-state index is 0.217. The predicted molar refractivity (Wildman–Crippen MR) is 93.6 cm³/mol. The van der Waals surface area contributed by atoms with Crippen LogP contribution in [-0.2, 0) is 4.74 Å². The summed E-state index contributed by atoms with van der Waals surface area (Å²) in [5, 5.41) is 2.81. The number of ether oxygens (including phenoxy) is 1. The first-order valence-corrected chi connectivity index (χ1v) is 7.88. The molecule has 0 bridgehead atoms. The molecule has 0 saturated carbocycles. The second-order valence-electron chi connectivity index (χ2n) is 5.94. The summed E-state index contributed by atoms with van der Waals surface area (Å²) in [5.74, 6) is -0.534. The summed E-state index contributed by atoms with van der Waals surface area (Å²) in [6.07, 6.45) is 3.63. The Morgan fingerprint density at radius 2 is 2.00 bits per heavy atom. The molecular formula is C19H20N2O4. The molecule has 6 heteroatoms. The molecule has 0 aliphatic carbocycles. The van der Waals surface area contributed by atoms with Crippen LogP contribution in [0.3, 0.4) is 0 Å².